The van der Waals surface area contributed by atoms with Crippen LogP contribution < -0.4 is 11.1 Å². The molecule has 2 aromatic carbocycles. The number of nitrogens with zero attached hydrogens (tertiary/aromatic N) is 3. The zero-order valence-electron chi connectivity index (χ0n) is 15.5. The van der Waals surface area contributed by atoms with Crippen LogP contribution in [0.25, 0.3) is 11.1 Å². The fourth-order valence-electron chi connectivity index (χ4n) is 3.21. The highest BCUT2D eigenvalue weighted by molar-refractivity contribution is 6.31. The van der Waals surface area contributed by atoms with Crippen molar-refractivity contribution in [2.75, 3.05) is 0 Å². The van der Waals surface area contributed by atoms with E-state index < -0.39 is 5.76 Å². The van der Waals surface area contributed by atoms with Crippen molar-refractivity contribution in [3.8, 4) is 0 Å². The Morgan fingerprint density at radius 1 is 1.17 bits per heavy atom. The summed E-state index contributed by atoms with van der Waals surface area (Å²) in [7, 11) is 0. The van der Waals surface area contributed by atoms with Crippen molar-refractivity contribution >= 4 is 28.6 Å². The molecule has 0 aliphatic heterocycles. The van der Waals surface area contributed by atoms with Crippen molar-refractivity contribution in [1.29, 1.82) is 0 Å². The summed E-state index contributed by atoms with van der Waals surface area (Å²) in [6.07, 6.45) is 5.56. The van der Waals surface area contributed by atoms with E-state index >= 15 is 0 Å². The Bertz CT molecular complexity index is 1190. The number of imidazole rings is 1. The zero-order valence-corrected chi connectivity index (χ0v) is 16.3. The van der Waals surface area contributed by atoms with Gasteiger partial charge in [0.25, 0.3) is 0 Å². The van der Waals surface area contributed by atoms with Crippen LogP contribution in [0.3, 0.4) is 0 Å². The lowest BCUT2D eigenvalue weighted by atomic mass is 10.1. The van der Waals surface area contributed by atoms with Crippen LogP contribution in [0, 0.1) is 0 Å². The molecule has 0 aliphatic rings. The molecule has 0 spiro atoms. The number of halogens is 1. The first-order valence-corrected chi connectivity index (χ1v) is 9.56. The first kappa shape index (κ1) is 19.0. The first-order chi connectivity index (χ1) is 14.1. The van der Waals surface area contributed by atoms with Crippen LogP contribution in [0.2, 0.25) is 5.02 Å². The van der Waals surface area contributed by atoms with E-state index in [1.54, 1.807) is 30.7 Å². The Kier molecular flexibility index (Phi) is 5.48. The third kappa shape index (κ3) is 4.41. The summed E-state index contributed by atoms with van der Waals surface area (Å²) in [6.45, 7) is 1.33. The van der Waals surface area contributed by atoms with Crippen molar-refractivity contribution in [2.24, 2.45) is 0 Å². The molecule has 0 atom stereocenters. The fourth-order valence-corrected chi connectivity index (χ4v) is 3.37. The van der Waals surface area contributed by atoms with Crippen LogP contribution >= 0.6 is 11.6 Å². The van der Waals surface area contributed by atoms with Crippen molar-refractivity contribution in [3.63, 3.8) is 0 Å². The number of rotatable bonds is 7. The van der Waals surface area contributed by atoms with E-state index in [-0.39, 0.29) is 18.9 Å². The van der Waals surface area contributed by atoms with E-state index in [1.807, 2.05) is 35.0 Å². The Morgan fingerprint density at radius 3 is 2.79 bits per heavy atom. The summed E-state index contributed by atoms with van der Waals surface area (Å²) >= 11 is 5.92. The standard InChI is InChI=1S/C21H19ClN4O3/c22-17-5-6-18-19(11-17)29-21(28)26(18)9-7-20(27)24-12-15-3-1-2-4-16(15)13-25-10-8-23-14-25/h1-6,8,10-11,14H,7,9,12-13H2,(H,24,27). The number of carbonyl (C=O) groups excluding carboxylic acids is 1. The molecule has 0 unspecified atom stereocenters. The van der Waals surface area contributed by atoms with Gasteiger partial charge in [-0.15, -0.1) is 0 Å². The lowest BCUT2D eigenvalue weighted by Gasteiger charge is -2.11. The number of benzene rings is 2. The molecule has 4 rings (SSSR count). The molecule has 1 N–H and O–H groups in total. The maximum Gasteiger partial charge on any atom is 0.419 e. The minimum absolute atomic E-state index is 0.141. The largest absolute Gasteiger partial charge is 0.419 e. The van der Waals surface area contributed by atoms with E-state index in [0.717, 1.165) is 11.1 Å². The maximum absolute atomic E-state index is 12.3. The SMILES string of the molecule is O=C(CCn1c(=O)oc2cc(Cl)ccc21)NCc1ccccc1Cn1ccnc1. The van der Waals surface area contributed by atoms with Gasteiger partial charge in [0.05, 0.1) is 11.8 Å². The van der Waals surface area contributed by atoms with Crippen LogP contribution in [0.5, 0.6) is 0 Å². The van der Waals surface area contributed by atoms with Gasteiger partial charge < -0.3 is 14.3 Å². The molecule has 7 nitrogen and oxygen atoms in total. The van der Waals surface area contributed by atoms with Crippen LogP contribution in [0.1, 0.15) is 17.5 Å². The second-order valence-electron chi connectivity index (χ2n) is 6.66. The molecule has 2 aromatic heterocycles. The van der Waals surface area contributed by atoms with E-state index in [9.17, 15) is 9.59 Å². The van der Waals surface area contributed by atoms with Crippen molar-refractivity contribution in [2.45, 2.75) is 26.1 Å². The average molecular weight is 411 g/mol. The van der Waals surface area contributed by atoms with Gasteiger partial charge in [-0.2, -0.15) is 0 Å². The van der Waals surface area contributed by atoms with Gasteiger partial charge >= 0.3 is 5.76 Å². The molecule has 0 radical (unpaired) electrons. The maximum atomic E-state index is 12.3. The van der Waals surface area contributed by atoms with Crippen LogP contribution in [-0.4, -0.2) is 20.0 Å². The molecule has 2 heterocycles. The molecule has 29 heavy (non-hydrogen) atoms. The van der Waals surface area contributed by atoms with Gasteiger partial charge in [0.2, 0.25) is 5.91 Å². The highest BCUT2D eigenvalue weighted by Gasteiger charge is 2.12. The fraction of sp³-hybridized carbons (Fsp3) is 0.190. The quantitative estimate of drug-likeness (QED) is 0.507. The minimum atomic E-state index is -0.499. The minimum Gasteiger partial charge on any atom is -0.408 e. The number of nitrogens with one attached hydrogen (secondary N) is 1. The van der Waals surface area contributed by atoms with E-state index in [2.05, 4.69) is 10.3 Å². The molecule has 0 bridgehead atoms. The summed E-state index contributed by atoms with van der Waals surface area (Å²) in [5.74, 6) is -0.640. The van der Waals surface area contributed by atoms with Gasteiger partial charge in [-0.25, -0.2) is 9.78 Å². The monoisotopic (exact) mass is 410 g/mol. The average Bonchev–Trinajstić information content (AvgIpc) is 3.32. The molecule has 8 heteroatoms. The first-order valence-electron chi connectivity index (χ1n) is 9.18. The highest BCUT2D eigenvalue weighted by Crippen LogP contribution is 2.18. The Labute approximate surface area is 171 Å². The van der Waals surface area contributed by atoms with Gasteiger partial charge in [-0.3, -0.25) is 9.36 Å². The molecule has 0 aliphatic carbocycles. The molecular formula is C21H19ClN4O3. The predicted molar refractivity (Wildman–Crippen MR) is 110 cm³/mol. The summed E-state index contributed by atoms with van der Waals surface area (Å²) in [6, 6.07) is 12.9. The number of fused-ring (bicyclic) bond motifs is 1. The number of carbonyl (C=O) groups is 1. The van der Waals surface area contributed by atoms with Crippen molar-refractivity contribution in [1.82, 2.24) is 19.4 Å². The smallest absolute Gasteiger partial charge is 0.408 e. The van der Waals surface area contributed by atoms with Gasteiger partial charge in [0, 0.05) is 49.5 Å². The summed E-state index contributed by atoms with van der Waals surface area (Å²) in [4.78, 5) is 28.5. The third-order valence-electron chi connectivity index (χ3n) is 4.70. The van der Waals surface area contributed by atoms with Gasteiger partial charge in [-0.05, 0) is 23.3 Å². The zero-order chi connectivity index (χ0) is 20.2. The van der Waals surface area contributed by atoms with Crippen LogP contribution in [0.15, 0.2) is 70.4 Å². The summed E-state index contributed by atoms with van der Waals surface area (Å²) in [5, 5.41) is 3.42. The second kappa shape index (κ2) is 8.36. The van der Waals surface area contributed by atoms with Crippen molar-refractivity contribution in [3.05, 3.63) is 87.9 Å². The van der Waals surface area contributed by atoms with E-state index in [4.69, 9.17) is 16.0 Å². The van der Waals surface area contributed by atoms with Crippen LogP contribution in [-0.2, 0) is 24.4 Å². The number of hydrogen-bond donors (Lipinski definition) is 1. The molecule has 0 saturated heterocycles. The molecule has 4 aromatic rings. The summed E-state index contributed by atoms with van der Waals surface area (Å²) in [5.41, 5.74) is 3.18. The number of aromatic nitrogens is 3. The molecule has 148 valence electrons. The number of oxazole rings is 1. The number of aryl methyl sites for hydroxylation is 1. The van der Waals surface area contributed by atoms with Crippen molar-refractivity contribution < 1.29 is 9.21 Å². The Hall–Kier alpha value is -3.32. The van der Waals surface area contributed by atoms with E-state index in [1.165, 1.54) is 4.57 Å². The second-order valence-corrected chi connectivity index (χ2v) is 7.10. The summed E-state index contributed by atoms with van der Waals surface area (Å²) < 4.78 is 8.61. The van der Waals surface area contributed by atoms with E-state index in [0.29, 0.717) is 29.2 Å². The predicted octanol–water partition coefficient (Wildman–Crippen LogP) is 3.20. The Morgan fingerprint density at radius 2 is 2.00 bits per heavy atom. The molecule has 1 amide bonds. The lowest BCUT2D eigenvalue weighted by molar-refractivity contribution is -0.121. The molecule has 0 fully saturated rings. The van der Waals surface area contributed by atoms with Crippen LogP contribution in [0.4, 0.5) is 0 Å². The normalized spacial score (nSPS) is 11.1. The number of amides is 1. The lowest BCUT2D eigenvalue weighted by Crippen LogP contribution is -2.26. The van der Waals surface area contributed by atoms with Gasteiger partial charge in [0.15, 0.2) is 5.58 Å². The topological polar surface area (TPSA) is 82.1 Å². The molecule has 0 saturated carbocycles. The molecular weight excluding hydrogens is 392 g/mol. The highest BCUT2D eigenvalue weighted by atomic mass is 35.5. The Balaban J connectivity index is 1.38. The number of hydrogen-bond acceptors (Lipinski definition) is 4. The third-order valence-corrected chi connectivity index (χ3v) is 4.93. The van der Waals surface area contributed by atoms with Gasteiger partial charge in [-0.1, -0.05) is 35.9 Å². The van der Waals surface area contributed by atoms with Gasteiger partial charge in [0.1, 0.15) is 0 Å².